The summed E-state index contributed by atoms with van der Waals surface area (Å²) in [5.41, 5.74) is 3.09. The molecule has 24 heavy (non-hydrogen) atoms. The van der Waals surface area contributed by atoms with Gasteiger partial charge in [-0.25, -0.2) is 4.79 Å². The van der Waals surface area contributed by atoms with Gasteiger partial charge >= 0.3 is 6.03 Å². The molecule has 2 heterocycles. The van der Waals surface area contributed by atoms with Crippen LogP contribution < -0.4 is 10.6 Å². The highest BCUT2D eigenvalue weighted by molar-refractivity contribution is 5.82. The van der Waals surface area contributed by atoms with E-state index in [2.05, 4.69) is 15.7 Å². The zero-order valence-corrected chi connectivity index (χ0v) is 14.9. The van der Waals surface area contributed by atoms with Crippen LogP contribution >= 0.6 is 0 Å². The number of hydrogen-bond donors (Lipinski definition) is 2. The largest absolute Gasteiger partial charge is 0.338 e. The number of nitrogens with one attached hydrogen (secondary N) is 2. The van der Waals surface area contributed by atoms with Crippen LogP contribution in [0.3, 0.4) is 0 Å². The molecule has 1 aliphatic carbocycles. The van der Waals surface area contributed by atoms with Gasteiger partial charge < -0.3 is 15.5 Å². The maximum atomic E-state index is 12.4. The normalized spacial score (nSPS) is 21.9. The van der Waals surface area contributed by atoms with Gasteiger partial charge in [0.1, 0.15) is 0 Å². The van der Waals surface area contributed by atoms with Crippen LogP contribution in [0.4, 0.5) is 4.79 Å². The summed E-state index contributed by atoms with van der Waals surface area (Å²) in [5, 5.41) is 10.4. The van der Waals surface area contributed by atoms with Crippen molar-refractivity contribution in [2.45, 2.75) is 64.6 Å². The molecule has 1 aromatic rings. The lowest BCUT2D eigenvalue weighted by Gasteiger charge is -2.21. The van der Waals surface area contributed by atoms with Crippen LogP contribution in [-0.4, -0.2) is 45.2 Å². The Hall–Kier alpha value is -2.05. The van der Waals surface area contributed by atoms with Crippen LogP contribution in [-0.2, 0) is 11.8 Å². The summed E-state index contributed by atoms with van der Waals surface area (Å²) in [6.07, 6.45) is 3.40. The third-order valence-electron chi connectivity index (χ3n) is 5.11. The highest BCUT2D eigenvalue weighted by Crippen LogP contribution is 2.30. The number of urea groups is 1. The molecule has 1 saturated carbocycles. The van der Waals surface area contributed by atoms with Crippen LogP contribution in [0.5, 0.6) is 0 Å². The van der Waals surface area contributed by atoms with Crippen molar-refractivity contribution in [3.05, 3.63) is 17.0 Å². The van der Waals surface area contributed by atoms with Crippen molar-refractivity contribution in [3.63, 3.8) is 0 Å². The first-order chi connectivity index (χ1) is 11.4. The van der Waals surface area contributed by atoms with Gasteiger partial charge in [0.15, 0.2) is 0 Å². The maximum Gasteiger partial charge on any atom is 0.315 e. The summed E-state index contributed by atoms with van der Waals surface area (Å²) in [7, 11) is 1.91. The third kappa shape index (κ3) is 3.25. The number of carbonyl (C=O) groups excluding carboxylic acids is 2. The molecule has 1 saturated heterocycles. The van der Waals surface area contributed by atoms with Crippen molar-refractivity contribution in [3.8, 4) is 0 Å². The molecule has 2 N–H and O–H groups in total. The standard InChI is InChI=1S/C17H27N5O2/c1-5-14(16-10(2)20-21(4)11(16)3)19-17(24)18-12-8-15(23)22(9-12)13-6-7-13/h12-14H,5-9H2,1-4H3,(H2,18,19,24)/t12-,14-/m0/s1. The van der Waals surface area contributed by atoms with E-state index in [-0.39, 0.29) is 24.0 Å². The lowest BCUT2D eigenvalue weighted by Crippen LogP contribution is -2.44. The Kier molecular flexibility index (Phi) is 4.51. The van der Waals surface area contributed by atoms with Crippen molar-refractivity contribution in [1.29, 1.82) is 0 Å². The van der Waals surface area contributed by atoms with E-state index >= 15 is 0 Å². The Balaban J connectivity index is 1.60. The van der Waals surface area contributed by atoms with Gasteiger partial charge in [0, 0.05) is 37.3 Å². The van der Waals surface area contributed by atoms with Gasteiger partial charge in [0.05, 0.1) is 17.8 Å². The van der Waals surface area contributed by atoms with Gasteiger partial charge in [-0.05, 0) is 33.1 Å². The number of likely N-dealkylation sites (tertiary alicyclic amines) is 1. The lowest BCUT2D eigenvalue weighted by atomic mass is 10.0. The molecule has 7 heteroatoms. The van der Waals surface area contributed by atoms with Crippen LogP contribution in [0.2, 0.25) is 0 Å². The molecule has 3 rings (SSSR count). The first-order valence-corrected chi connectivity index (χ1v) is 8.77. The highest BCUT2D eigenvalue weighted by Gasteiger charge is 2.39. The van der Waals surface area contributed by atoms with Crippen molar-refractivity contribution in [2.24, 2.45) is 7.05 Å². The fourth-order valence-corrected chi connectivity index (χ4v) is 3.63. The minimum Gasteiger partial charge on any atom is -0.338 e. The van der Waals surface area contributed by atoms with Gasteiger partial charge in [-0.3, -0.25) is 9.48 Å². The minimum atomic E-state index is -0.208. The fraction of sp³-hybridized carbons (Fsp3) is 0.706. The molecule has 0 bridgehead atoms. The lowest BCUT2D eigenvalue weighted by molar-refractivity contribution is -0.128. The Morgan fingerprint density at radius 1 is 1.38 bits per heavy atom. The first-order valence-electron chi connectivity index (χ1n) is 8.77. The summed E-state index contributed by atoms with van der Waals surface area (Å²) < 4.78 is 1.84. The van der Waals surface area contributed by atoms with Gasteiger partial charge in [0.2, 0.25) is 5.91 Å². The van der Waals surface area contributed by atoms with E-state index in [4.69, 9.17) is 0 Å². The number of nitrogens with zero attached hydrogens (tertiary/aromatic N) is 3. The van der Waals surface area contributed by atoms with Crippen molar-refractivity contribution in [1.82, 2.24) is 25.3 Å². The molecule has 0 aromatic carbocycles. The Morgan fingerprint density at radius 2 is 2.08 bits per heavy atom. The number of amides is 3. The van der Waals surface area contributed by atoms with Crippen LogP contribution in [0.1, 0.15) is 55.6 Å². The van der Waals surface area contributed by atoms with E-state index in [0.717, 1.165) is 36.2 Å². The summed E-state index contributed by atoms with van der Waals surface area (Å²) >= 11 is 0. The Labute approximate surface area is 142 Å². The predicted molar refractivity (Wildman–Crippen MR) is 90.5 cm³/mol. The third-order valence-corrected chi connectivity index (χ3v) is 5.11. The first kappa shape index (κ1) is 16.8. The number of rotatable bonds is 5. The van der Waals surface area contributed by atoms with Gasteiger partial charge in [-0.1, -0.05) is 6.92 Å². The Bertz CT molecular complexity index is 650. The van der Waals surface area contributed by atoms with Gasteiger partial charge in [-0.2, -0.15) is 5.10 Å². The molecule has 0 radical (unpaired) electrons. The monoisotopic (exact) mass is 333 g/mol. The smallest absolute Gasteiger partial charge is 0.315 e. The van der Waals surface area contributed by atoms with Crippen molar-refractivity contribution in [2.75, 3.05) is 6.54 Å². The second-order valence-electron chi connectivity index (χ2n) is 6.97. The summed E-state index contributed by atoms with van der Waals surface area (Å²) in [4.78, 5) is 26.3. The zero-order valence-electron chi connectivity index (χ0n) is 14.9. The molecule has 1 aromatic heterocycles. The van der Waals surface area contributed by atoms with E-state index in [0.29, 0.717) is 19.0 Å². The predicted octanol–water partition coefficient (Wildman–Crippen LogP) is 1.55. The van der Waals surface area contributed by atoms with Crippen LogP contribution in [0.25, 0.3) is 0 Å². The topological polar surface area (TPSA) is 79.3 Å². The van der Waals surface area contributed by atoms with E-state index in [1.54, 1.807) is 0 Å². The molecule has 2 aliphatic rings. The zero-order chi connectivity index (χ0) is 17.4. The number of hydrogen-bond acceptors (Lipinski definition) is 3. The molecular weight excluding hydrogens is 306 g/mol. The summed E-state index contributed by atoms with van der Waals surface area (Å²) in [6.45, 7) is 6.66. The fourth-order valence-electron chi connectivity index (χ4n) is 3.63. The molecule has 2 atom stereocenters. The number of carbonyl (C=O) groups is 2. The van der Waals surface area contributed by atoms with Crippen LogP contribution in [0, 0.1) is 13.8 Å². The van der Waals surface area contributed by atoms with E-state index in [9.17, 15) is 9.59 Å². The highest BCUT2D eigenvalue weighted by atomic mass is 16.2. The van der Waals surface area contributed by atoms with E-state index in [1.165, 1.54) is 0 Å². The van der Waals surface area contributed by atoms with Crippen molar-refractivity contribution < 1.29 is 9.59 Å². The second kappa shape index (κ2) is 6.45. The molecule has 3 amide bonds. The molecule has 0 unspecified atom stereocenters. The SMILES string of the molecule is CC[C@H](NC(=O)N[C@H]1CC(=O)N(C2CC2)C1)c1c(C)nn(C)c1C. The Morgan fingerprint density at radius 3 is 2.62 bits per heavy atom. The molecule has 2 fully saturated rings. The number of aryl methyl sites for hydroxylation is 2. The van der Waals surface area contributed by atoms with E-state index < -0.39 is 0 Å². The average molecular weight is 333 g/mol. The van der Waals surface area contributed by atoms with E-state index in [1.807, 2.05) is 37.4 Å². The van der Waals surface area contributed by atoms with Gasteiger partial charge in [0.25, 0.3) is 0 Å². The molecular formula is C17H27N5O2. The quantitative estimate of drug-likeness (QED) is 0.858. The minimum absolute atomic E-state index is 0.0738. The molecule has 7 nitrogen and oxygen atoms in total. The average Bonchev–Trinajstić information content (AvgIpc) is 3.25. The summed E-state index contributed by atoms with van der Waals surface area (Å²) in [6, 6.07) is 0.0402. The molecule has 132 valence electrons. The van der Waals surface area contributed by atoms with Crippen LogP contribution in [0.15, 0.2) is 0 Å². The van der Waals surface area contributed by atoms with Crippen molar-refractivity contribution >= 4 is 11.9 Å². The summed E-state index contributed by atoms with van der Waals surface area (Å²) in [5.74, 6) is 0.161. The van der Waals surface area contributed by atoms with Gasteiger partial charge in [-0.15, -0.1) is 0 Å². The molecule has 1 aliphatic heterocycles. The maximum absolute atomic E-state index is 12.4. The second-order valence-corrected chi connectivity index (χ2v) is 6.97. The molecule has 0 spiro atoms. The number of aromatic nitrogens is 2.